The van der Waals surface area contributed by atoms with Gasteiger partial charge in [0.25, 0.3) is 0 Å². The molecule has 3 aromatic rings. The van der Waals surface area contributed by atoms with Crippen LogP contribution < -0.4 is 5.32 Å². The molecule has 0 saturated carbocycles. The highest BCUT2D eigenvalue weighted by Crippen LogP contribution is 2.28. The number of nitrogens with one attached hydrogen (secondary N) is 1. The maximum Gasteiger partial charge on any atom is 0.183 e. The van der Waals surface area contributed by atoms with E-state index in [1.807, 2.05) is 17.5 Å². The molecule has 0 atom stereocenters. The van der Waals surface area contributed by atoms with Gasteiger partial charge >= 0.3 is 0 Å². The van der Waals surface area contributed by atoms with Crippen molar-refractivity contribution >= 4 is 11.3 Å². The van der Waals surface area contributed by atoms with Crippen LogP contribution in [0, 0.1) is 0 Å². The Balaban J connectivity index is 1.74. The molecule has 0 aliphatic carbocycles. The van der Waals surface area contributed by atoms with Crippen molar-refractivity contribution in [1.82, 2.24) is 30.0 Å². The van der Waals surface area contributed by atoms with Gasteiger partial charge < -0.3 is 9.88 Å². The summed E-state index contributed by atoms with van der Waals surface area (Å²) in [6.07, 6.45) is 3.56. The van der Waals surface area contributed by atoms with Crippen molar-refractivity contribution in [1.29, 1.82) is 0 Å². The molecule has 0 aromatic carbocycles. The predicted octanol–water partition coefficient (Wildman–Crippen LogP) is 1.57. The molecule has 1 N–H and O–H groups in total. The summed E-state index contributed by atoms with van der Waals surface area (Å²) in [6.45, 7) is 2.60. The first-order valence-electron chi connectivity index (χ1n) is 6.41. The van der Waals surface area contributed by atoms with Crippen LogP contribution in [0.1, 0.15) is 5.82 Å². The van der Waals surface area contributed by atoms with Crippen LogP contribution in [0.2, 0.25) is 0 Å². The Morgan fingerprint density at radius 3 is 3.00 bits per heavy atom. The van der Waals surface area contributed by atoms with E-state index >= 15 is 0 Å². The quantitative estimate of drug-likeness (QED) is 0.773. The number of thiazole rings is 1. The highest BCUT2D eigenvalue weighted by atomic mass is 32.1. The van der Waals surface area contributed by atoms with E-state index in [0.29, 0.717) is 0 Å². The third-order valence-electron chi connectivity index (χ3n) is 3.28. The van der Waals surface area contributed by atoms with E-state index in [0.717, 1.165) is 47.5 Å². The number of aromatic nitrogens is 5. The lowest BCUT2D eigenvalue weighted by atomic mass is 10.3. The van der Waals surface area contributed by atoms with E-state index in [1.54, 1.807) is 23.7 Å². The Morgan fingerprint density at radius 1 is 1.20 bits per heavy atom. The summed E-state index contributed by atoms with van der Waals surface area (Å²) in [6, 6.07) is 3.93. The van der Waals surface area contributed by atoms with Crippen molar-refractivity contribution in [2.75, 3.05) is 6.54 Å². The minimum absolute atomic E-state index is 0.772. The molecule has 100 valence electrons. The summed E-state index contributed by atoms with van der Waals surface area (Å²) >= 11 is 1.62. The Labute approximate surface area is 119 Å². The third kappa shape index (κ3) is 1.91. The molecule has 1 aliphatic heterocycles. The van der Waals surface area contributed by atoms with Gasteiger partial charge in [0.1, 0.15) is 16.5 Å². The fourth-order valence-electron chi connectivity index (χ4n) is 2.29. The second-order valence-corrected chi connectivity index (χ2v) is 5.40. The number of pyridine rings is 1. The lowest BCUT2D eigenvalue weighted by molar-refractivity contribution is 0.508. The highest BCUT2D eigenvalue weighted by Gasteiger charge is 2.18. The molecule has 20 heavy (non-hydrogen) atoms. The van der Waals surface area contributed by atoms with Crippen LogP contribution in [-0.4, -0.2) is 31.3 Å². The van der Waals surface area contributed by atoms with Crippen molar-refractivity contribution in [3.05, 3.63) is 35.7 Å². The minimum atomic E-state index is 0.772. The molecule has 0 bridgehead atoms. The Kier molecular flexibility index (Phi) is 2.79. The van der Waals surface area contributed by atoms with Crippen LogP contribution >= 0.6 is 11.3 Å². The fourth-order valence-corrected chi connectivity index (χ4v) is 3.09. The van der Waals surface area contributed by atoms with Crippen LogP contribution in [0.3, 0.4) is 0 Å². The predicted molar refractivity (Wildman–Crippen MR) is 76.1 cm³/mol. The molecular formula is C13H12N6S. The van der Waals surface area contributed by atoms with E-state index in [-0.39, 0.29) is 0 Å². The SMILES string of the molecule is c1cc(-c2nc(-c3nnc4n3CCNC4)cs2)ccn1. The van der Waals surface area contributed by atoms with E-state index in [1.165, 1.54) is 0 Å². The molecule has 1 aliphatic rings. The van der Waals surface area contributed by atoms with Gasteiger partial charge in [-0.15, -0.1) is 21.5 Å². The molecule has 0 saturated heterocycles. The number of rotatable bonds is 2. The Bertz CT molecular complexity index is 732. The average Bonchev–Trinajstić information content (AvgIpc) is 3.14. The molecule has 4 heterocycles. The second-order valence-electron chi connectivity index (χ2n) is 4.54. The van der Waals surface area contributed by atoms with E-state index in [9.17, 15) is 0 Å². The lowest BCUT2D eigenvalue weighted by Gasteiger charge is -2.15. The Morgan fingerprint density at radius 2 is 2.10 bits per heavy atom. The van der Waals surface area contributed by atoms with Crippen LogP contribution in [-0.2, 0) is 13.1 Å². The first kappa shape index (κ1) is 11.7. The summed E-state index contributed by atoms with van der Waals surface area (Å²) in [7, 11) is 0. The smallest absolute Gasteiger partial charge is 0.183 e. The standard InChI is InChI=1S/C13H12N6S/c1-3-14-4-2-9(1)13-16-10(8-20-13)12-18-17-11-7-15-5-6-19(11)12/h1-4,8,15H,5-7H2. The third-order valence-corrected chi connectivity index (χ3v) is 4.17. The van der Waals surface area contributed by atoms with Gasteiger partial charge in [0.2, 0.25) is 0 Å². The van der Waals surface area contributed by atoms with Gasteiger partial charge in [-0.05, 0) is 12.1 Å². The van der Waals surface area contributed by atoms with Gasteiger partial charge in [-0.25, -0.2) is 4.98 Å². The van der Waals surface area contributed by atoms with Crippen molar-refractivity contribution in [3.8, 4) is 22.1 Å². The molecule has 0 fully saturated rings. The van der Waals surface area contributed by atoms with Crippen molar-refractivity contribution in [3.63, 3.8) is 0 Å². The summed E-state index contributed by atoms with van der Waals surface area (Å²) in [4.78, 5) is 8.71. The van der Waals surface area contributed by atoms with E-state index in [2.05, 4.69) is 30.0 Å². The molecule has 0 unspecified atom stereocenters. The van der Waals surface area contributed by atoms with Crippen molar-refractivity contribution in [2.24, 2.45) is 0 Å². The minimum Gasteiger partial charge on any atom is -0.308 e. The zero-order valence-electron chi connectivity index (χ0n) is 10.7. The lowest BCUT2D eigenvalue weighted by Crippen LogP contribution is -2.28. The van der Waals surface area contributed by atoms with Gasteiger partial charge in [-0.1, -0.05) is 0 Å². The van der Waals surface area contributed by atoms with Crippen LogP contribution in [0.5, 0.6) is 0 Å². The largest absolute Gasteiger partial charge is 0.308 e. The molecule has 0 radical (unpaired) electrons. The fraction of sp³-hybridized carbons (Fsp3) is 0.231. The molecule has 0 amide bonds. The summed E-state index contributed by atoms with van der Waals surface area (Å²) < 4.78 is 2.14. The molecule has 6 nitrogen and oxygen atoms in total. The van der Waals surface area contributed by atoms with Crippen molar-refractivity contribution < 1.29 is 0 Å². The van der Waals surface area contributed by atoms with Gasteiger partial charge in [-0.2, -0.15) is 0 Å². The number of hydrogen-bond donors (Lipinski definition) is 1. The average molecular weight is 284 g/mol. The van der Waals surface area contributed by atoms with Gasteiger partial charge in [0.05, 0.1) is 6.54 Å². The van der Waals surface area contributed by atoms with Crippen LogP contribution in [0.25, 0.3) is 22.1 Å². The first-order chi connectivity index (χ1) is 9.92. The van der Waals surface area contributed by atoms with Crippen LogP contribution in [0.15, 0.2) is 29.9 Å². The summed E-state index contributed by atoms with van der Waals surface area (Å²) in [5.41, 5.74) is 1.97. The zero-order chi connectivity index (χ0) is 13.4. The summed E-state index contributed by atoms with van der Waals surface area (Å²) in [5.74, 6) is 1.84. The zero-order valence-corrected chi connectivity index (χ0v) is 11.5. The van der Waals surface area contributed by atoms with E-state index in [4.69, 9.17) is 0 Å². The molecule has 0 spiro atoms. The highest BCUT2D eigenvalue weighted by molar-refractivity contribution is 7.13. The second kappa shape index (κ2) is 4.77. The number of fused-ring (bicyclic) bond motifs is 1. The first-order valence-corrected chi connectivity index (χ1v) is 7.29. The van der Waals surface area contributed by atoms with Crippen molar-refractivity contribution in [2.45, 2.75) is 13.1 Å². The van der Waals surface area contributed by atoms with Gasteiger partial charge in [0, 0.05) is 36.4 Å². The van der Waals surface area contributed by atoms with E-state index < -0.39 is 0 Å². The Hall–Kier alpha value is -2.12. The normalized spacial score (nSPS) is 14.2. The number of hydrogen-bond acceptors (Lipinski definition) is 6. The van der Waals surface area contributed by atoms with Gasteiger partial charge in [-0.3, -0.25) is 4.98 Å². The van der Waals surface area contributed by atoms with Crippen LogP contribution in [0.4, 0.5) is 0 Å². The molecule has 4 rings (SSSR count). The maximum atomic E-state index is 4.68. The molecule has 7 heteroatoms. The number of nitrogens with zero attached hydrogens (tertiary/aromatic N) is 5. The summed E-state index contributed by atoms with van der Waals surface area (Å²) in [5, 5.41) is 14.8. The monoisotopic (exact) mass is 284 g/mol. The maximum absolute atomic E-state index is 4.68. The molecular weight excluding hydrogens is 272 g/mol. The van der Waals surface area contributed by atoms with Gasteiger partial charge in [0.15, 0.2) is 5.82 Å². The molecule has 3 aromatic heterocycles. The topological polar surface area (TPSA) is 68.5 Å².